The molecule has 1 fully saturated rings. The third-order valence-electron chi connectivity index (χ3n) is 3.99. The van der Waals surface area contributed by atoms with Crippen molar-refractivity contribution in [3.05, 3.63) is 28.2 Å². The van der Waals surface area contributed by atoms with Crippen LogP contribution in [0.15, 0.2) is 22.7 Å². The van der Waals surface area contributed by atoms with Gasteiger partial charge >= 0.3 is 0 Å². The molecular formula is C15H21BrN2O3S. The number of hydrogen-bond donors (Lipinski definition) is 1. The van der Waals surface area contributed by atoms with Crippen molar-refractivity contribution in [1.82, 2.24) is 4.90 Å². The molecule has 2 rings (SSSR count). The molecule has 1 atom stereocenters. The maximum Gasteiger partial charge on any atom is 0.224 e. The second-order valence-corrected chi connectivity index (χ2v) is 8.79. The molecule has 0 radical (unpaired) electrons. The summed E-state index contributed by atoms with van der Waals surface area (Å²) in [5, 5.41) is 3.21. The van der Waals surface area contributed by atoms with Crippen LogP contribution in [0.3, 0.4) is 0 Å². The fourth-order valence-electron chi connectivity index (χ4n) is 2.48. The number of hydrogen-bond acceptors (Lipinski definition) is 4. The number of aryl methyl sites for hydroxylation is 1. The Morgan fingerprint density at radius 2 is 2.18 bits per heavy atom. The van der Waals surface area contributed by atoms with E-state index in [2.05, 4.69) is 21.2 Å². The number of halogens is 1. The lowest BCUT2D eigenvalue weighted by molar-refractivity contribution is -0.131. The van der Waals surface area contributed by atoms with E-state index in [1.165, 1.54) is 0 Å². The van der Waals surface area contributed by atoms with Crippen molar-refractivity contribution in [2.24, 2.45) is 0 Å². The van der Waals surface area contributed by atoms with Gasteiger partial charge in [0.15, 0.2) is 9.84 Å². The van der Waals surface area contributed by atoms with E-state index in [1.54, 1.807) is 11.9 Å². The van der Waals surface area contributed by atoms with Gasteiger partial charge in [0.1, 0.15) is 0 Å². The minimum Gasteiger partial charge on any atom is -0.384 e. The second-order valence-electron chi connectivity index (χ2n) is 5.70. The lowest BCUT2D eigenvalue weighted by Gasteiger charge is -2.23. The van der Waals surface area contributed by atoms with Crippen LogP contribution in [0.4, 0.5) is 5.69 Å². The first kappa shape index (κ1) is 17.3. The SMILES string of the molecule is Cc1ccc(NCCC(=O)N(C)C2CCS(=O)(=O)C2)cc1Br. The summed E-state index contributed by atoms with van der Waals surface area (Å²) in [6.07, 6.45) is 0.890. The quantitative estimate of drug-likeness (QED) is 0.839. The van der Waals surface area contributed by atoms with Gasteiger partial charge in [-0.2, -0.15) is 0 Å². The first-order valence-electron chi connectivity index (χ1n) is 7.24. The third kappa shape index (κ3) is 4.46. The number of carbonyl (C=O) groups is 1. The van der Waals surface area contributed by atoms with E-state index in [9.17, 15) is 13.2 Å². The van der Waals surface area contributed by atoms with Crippen LogP contribution in [0.5, 0.6) is 0 Å². The summed E-state index contributed by atoms with van der Waals surface area (Å²) in [5.41, 5.74) is 2.11. The first-order chi connectivity index (χ1) is 10.3. The molecule has 1 amide bonds. The minimum absolute atomic E-state index is 0.0271. The summed E-state index contributed by atoms with van der Waals surface area (Å²) in [6, 6.07) is 5.78. The third-order valence-corrected chi connectivity index (χ3v) is 6.59. The zero-order valence-corrected chi connectivity index (χ0v) is 15.2. The van der Waals surface area contributed by atoms with Crippen LogP contribution < -0.4 is 5.32 Å². The van der Waals surface area contributed by atoms with Crippen LogP contribution in [0.2, 0.25) is 0 Å². The van der Waals surface area contributed by atoms with Gasteiger partial charge in [0, 0.05) is 36.2 Å². The first-order valence-corrected chi connectivity index (χ1v) is 9.86. The molecule has 1 N–H and O–H groups in total. The van der Waals surface area contributed by atoms with Gasteiger partial charge in [-0.15, -0.1) is 0 Å². The number of carbonyl (C=O) groups excluding carboxylic acids is 1. The molecule has 0 aliphatic carbocycles. The number of nitrogens with zero attached hydrogens (tertiary/aromatic N) is 1. The Balaban J connectivity index is 1.81. The predicted molar refractivity (Wildman–Crippen MR) is 91.8 cm³/mol. The molecule has 0 bridgehead atoms. The number of anilines is 1. The Morgan fingerprint density at radius 1 is 1.45 bits per heavy atom. The highest BCUT2D eigenvalue weighted by Gasteiger charge is 2.32. The molecule has 5 nitrogen and oxygen atoms in total. The maximum atomic E-state index is 12.1. The number of benzene rings is 1. The average molecular weight is 389 g/mol. The summed E-state index contributed by atoms with van der Waals surface area (Å²) in [7, 11) is -1.27. The fourth-order valence-corrected chi connectivity index (χ4v) is 4.63. The van der Waals surface area contributed by atoms with Crippen LogP contribution >= 0.6 is 15.9 Å². The van der Waals surface area contributed by atoms with E-state index in [4.69, 9.17) is 0 Å². The Kier molecular flexibility index (Phi) is 5.50. The van der Waals surface area contributed by atoms with Gasteiger partial charge < -0.3 is 10.2 Å². The molecule has 1 aromatic carbocycles. The van der Waals surface area contributed by atoms with Crippen LogP contribution in [-0.2, 0) is 14.6 Å². The van der Waals surface area contributed by atoms with E-state index in [0.717, 1.165) is 15.7 Å². The summed E-state index contributed by atoms with van der Waals surface area (Å²) in [5.74, 6) is 0.249. The highest BCUT2D eigenvalue weighted by Crippen LogP contribution is 2.21. The van der Waals surface area contributed by atoms with Crippen molar-refractivity contribution in [3.63, 3.8) is 0 Å². The van der Waals surface area contributed by atoms with E-state index < -0.39 is 9.84 Å². The molecule has 1 aliphatic rings. The monoisotopic (exact) mass is 388 g/mol. The fraction of sp³-hybridized carbons (Fsp3) is 0.533. The standard InChI is InChI=1S/C15H21BrN2O3S/c1-11-3-4-12(9-14(11)16)17-7-5-15(19)18(2)13-6-8-22(20,21)10-13/h3-4,9,13,17H,5-8,10H2,1-2H3. The molecule has 1 aliphatic heterocycles. The van der Waals surface area contributed by atoms with Crippen LogP contribution in [-0.4, -0.2) is 50.4 Å². The van der Waals surface area contributed by atoms with E-state index in [1.807, 2.05) is 25.1 Å². The highest BCUT2D eigenvalue weighted by molar-refractivity contribution is 9.10. The van der Waals surface area contributed by atoms with Gasteiger partial charge in [0.25, 0.3) is 0 Å². The largest absolute Gasteiger partial charge is 0.384 e. The molecular weight excluding hydrogens is 368 g/mol. The number of nitrogens with one attached hydrogen (secondary N) is 1. The van der Waals surface area contributed by atoms with Gasteiger partial charge in [0.05, 0.1) is 11.5 Å². The van der Waals surface area contributed by atoms with Crippen LogP contribution in [0, 0.1) is 6.92 Å². The van der Waals surface area contributed by atoms with Gasteiger partial charge in [-0.05, 0) is 31.0 Å². The molecule has 122 valence electrons. The highest BCUT2D eigenvalue weighted by atomic mass is 79.9. The van der Waals surface area contributed by atoms with Crippen molar-refractivity contribution in [3.8, 4) is 0 Å². The van der Waals surface area contributed by atoms with Crippen molar-refractivity contribution in [2.45, 2.75) is 25.8 Å². The molecule has 0 saturated carbocycles. The van der Waals surface area contributed by atoms with E-state index in [0.29, 0.717) is 19.4 Å². The Labute approximate surface area is 140 Å². The number of rotatable bonds is 5. The van der Waals surface area contributed by atoms with E-state index in [-0.39, 0.29) is 23.5 Å². The van der Waals surface area contributed by atoms with Gasteiger partial charge in [-0.25, -0.2) is 8.42 Å². The Hall–Kier alpha value is -1.08. The van der Waals surface area contributed by atoms with E-state index >= 15 is 0 Å². The molecule has 0 aromatic heterocycles. The minimum atomic E-state index is -2.96. The molecule has 0 spiro atoms. The molecule has 7 heteroatoms. The number of sulfone groups is 1. The van der Waals surface area contributed by atoms with Gasteiger partial charge in [0.2, 0.25) is 5.91 Å². The molecule has 1 aromatic rings. The predicted octanol–water partition coefficient (Wildman–Crippen LogP) is 2.21. The van der Waals surface area contributed by atoms with Crippen molar-refractivity contribution < 1.29 is 13.2 Å². The van der Waals surface area contributed by atoms with Crippen LogP contribution in [0.25, 0.3) is 0 Å². The van der Waals surface area contributed by atoms with Crippen LogP contribution in [0.1, 0.15) is 18.4 Å². The summed E-state index contributed by atoms with van der Waals surface area (Å²) in [4.78, 5) is 13.7. The molecule has 1 unspecified atom stereocenters. The maximum absolute atomic E-state index is 12.1. The second kappa shape index (κ2) is 7.00. The smallest absolute Gasteiger partial charge is 0.224 e. The van der Waals surface area contributed by atoms with Crippen molar-refractivity contribution in [1.29, 1.82) is 0 Å². The number of amides is 1. The summed E-state index contributed by atoms with van der Waals surface area (Å²) in [6.45, 7) is 2.54. The zero-order chi connectivity index (χ0) is 16.3. The normalized spacial score (nSPS) is 19.9. The molecule has 22 heavy (non-hydrogen) atoms. The Morgan fingerprint density at radius 3 is 2.77 bits per heavy atom. The lowest BCUT2D eigenvalue weighted by atomic mass is 10.2. The summed E-state index contributed by atoms with van der Waals surface area (Å²) < 4.78 is 24.0. The topological polar surface area (TPSA) is 66.5 Å². The lowest BCUT2D eigenvalue weighted by Crippen LogP contribution is -2.38. The summed E-state index contributed by atoms with van der Waals surface area (Å²) >= 11 is 3.47. The average Bonchev–Trinajstić information content (AvgIpc) is 2.82. The molecule has 1 saturated heterocycles. The zero-order valence-electron chi connectivity index (χ0n) is 12.8. The van der Waals surface area contributed by atoms with Crippen molar-refractivity contribution in [2.75, 3.05) is 30.4 Å². The Bertz CT molecular complexity index is 661. The van der Waals surface area contributed by atoms with Gasteiger partial charge in [-0.1, -0.05) is 22.0 Å². The molecule has 1 heterocycles. The van der Waals surface area contributed by atoms with Crippen molar-refractivity contribution >= 4 is 37.4 Å². The van der Waals surface area contributed by atoms with Gasteiger partial charge in [-0.3, -0.25) is 4.79 Å².